The number of nitrogens with one attached hydrogen (secondary N) is 2. The fraction of sp³-hybridized carbons (Fsp3) is 0.432. The molecule has 3 unspecified atom stereocenters. The summed E-state index contributed by atoms with van der Waals surface area (Å²) in [4.78, 5) is 45.0. The van der Waals surface area contributed by atoms with Gasteiger partial charge >= 0.3 is 0 Å². The second-order valence-electron chi connectivity index (χ2n) is 13.2. The van der Waals surface area contributed by atoms with Crippen LogP contribution in [0.15, 0.2) is 72.8 Å². The number of aliphatic hydroxyl groups excluding tert-OH is 1. The van der Waals surface area contributed by atoms with E-state index in [1.165, 1.54) is 4.90 Å². The molecule has 3 heterocycles. The van der Waals surface area contributed by atoms with Crippen molar-refractivity contribution in [1.29, 1.82) is 0 Å². The summed E-state index contributed by atoms with van der Waals surface area (Å²) in [6, 6.07) is 20.7. The number of para-hydroxylation sites is 1. The highest BCUT2D eigenvalue weighted by molar-refractivity contribution is 6.06. The maximum Gasteiger partial charge on any atom is 0.250 e. The normalized spacial score (nSPS) is 28.6. The highest BCUT2D eigenvalue weighted by Gasteiger charge is 2.80. The standard InChI is InChI=1S/C37H43N3O6/c1-6-45-28-17-15-26(16-18-28)38-33(42)29-30-35(44)40(27(21-41)19-25-13-8-7-9-14-25)32(37(30)20-24(4)36(29,5)46-37)34(43)39-31-22(2)11-10-12-23(31)3/h7-18,24,27,29-30,32,41H,6,19-21H2,1-5H3,(H,38,42)(H,39,43)/t24?,27-,29+,30+,32?,36-,37?/m1/s1. The predicted octanol–water partition coefficient (Wildman–Crippen LogP) is 4.89. The molecule has 3 aromatic rings. The molecule has 0 saturated carbocycles. The summed E-state index contributed by atoms with van der Waals surface area (Å²) >= 11 is 0. The number of carbonyl (C=O) groups excluding carboxylic acids is 3. The number of rotatable bonds is 10. The van der Waals surface area contributed by atoms with Crippen molar-refractivity contribution in [2.75, 3.05) is 23.8 Å². The van der Waals surface area contributed by atoms with Gasteiger partial charge in [0.2, 0.25) is 17.7 Å². The first-order valence-electron chi connectivity index (χ1n) is 16.1. The van der Waals surface area contributed by atoms with Crippen molar-refractivity contribution in [2.24, 2.45) is 17.8 Å². The summed E-state index contributed by atoms with van der Waals surface area (Å²) < 4.78 is 12.4. The van der Waals surface area contributed by atoms with Crippen LogP contribution in [0.5, 0.6) is 5.75 Å². The van der Waals surface area contributed by atoms with E-state index < -0.39 is 35.1 Å². The Morgan fingerprint density at radius 2 is 1.67 bits per heavy atom. The number of likely N-dealkylation sites (tertiary alicyclic amines) is 1. The minimum atomic E-state index is -1.25. The Morgan fingerprint density at radius 1 is 1.00 bits per heavy atom. The molecule has 9 heteroatoms. The molecular formula is C37H43N3O6. The molecule has 7 atom stereocenters. The van der Waals surface area contributed by atoms with Gasteiger partial charge in [0.15, 0.2) is 0 Å². The summed E-state index contributed by atoms with van der Waals surface area (Å²) in [6.07, 6.45) is 0.770. The highest BCUT2D eigenvalue weighted by atomic mass is 16.5. The summed E-state index contributed by atoms with van der Waals surface area (Å²) in [5.74, 6) is -2.26. The van der Waals surface area contributed by atoms with Crippen LogP contribution in [-0.2, 0) is 25.5 Å². The first-order chi connectivity index (χ1) is 22.0. The summed E-state index contributed by atoms with van der Waals surface area (Å²) in [7, 11) is 0. The molecule has 242 valence electrons. The summed E-state index contributed by atoms with van der Waals surface area (Å²) in [5, 5.41) is 16.9. The minimum absolute atomic E-state index is 0.121. The van der Waals surface area contributed by atoms with Gasteiger partial charge in [-0.2, -0.15) is 0 Å². The third-order valence-corrected chi connectivity index (χ3v) is 10.4. The van der Waals surface area contributed by atoms with E-state index in [-0.39, 0.29) is 30.2 Å². The molecule has 3 amide bonds. The Morgan fingerprint density at radius 3 is 2.30 bits per heavy atom. The molecule has 0 aliphatic carbocycles. The Kier molecular flexibility index (Phi) is 8.42. The van der Waals surface area contributed by atoms with E-state index in [2.05, 4.69) is 10.6 Å². The molecule has 3 aliphatic rings. The van der Waals surface area contributed by atoms with E-state index >= 15 is 0 Å². The molecule has 0 radical (unpaired) electrons. The third kappa shape index (κ3) is 5.15. The van der Waals surface area contributed by atoms with E-state index in [0.29, 0.717) is 36.6 Å². The van der Waals surface area contributed by atoms with Crippen molar-refractivity contribution in [3.05, 3.63) is 89.5 Å². The van der Waals surface area contributed by atoms with Gasteiger partial charge in [-0.1, -0.05) is 55.5 Å². The van der Waals surface area contributed by atoms with Gasteiger partial charge in [0, 0.05) is 11.4 Å². The number of fused-ring (bicyclic) bond motifs is 1. The first-order valence-corrected chi connectivity index (χ1v) is 16.1. The summed E-state index contributed by atoms with van der Waals surface area (Å²) in [6.45, 7) is 9.83. The Bertz CT molecular complexity index is 1610. The van der Waals surface area contributed by atoms with Crippen LogP contribution in [-0.4, -0.2) is 64.2 Å². The third-order valence-electron chi connectivity index (χ3n) is 10.4. The molecular weight excluding hydrogens is 582 g/mol. The lowest BCUT2D eigenvalue weighted by atomic mass is 9.62. The number of hydrogen-bond donors (Lipinski definition) is 3. The van der Waals surface area contributed by atoms with Crippen molar-refractivity contribution in [3.63, 3.8) is 0 Å². The van der Waals surface area contributed by atoms with Crippen LogP contribution in [0, 0.1) is 31.6 Å². The zero-order chi connectivity index (χ0) is 32.8. The number of hydrogen-bond acceptors (Lipinski definition) is 6. The fourth-order valence-corrected chi connectivity index (χ4v) is 8.13. The number of aliphatic hydroxyl groups is 1. The van der Waals surface area contributed by atoms with Crippen LogP contribution in [0.2, 0.25) is 0 Å². The van der Waals surface area contributed by atoms with E-state index in [4.69, 9.17) is 9.47 Å². The lowest BCUT2D eigenvalue weighted by molar-refractivity contribution is -0.147. The van der Waals surface area contributed by atoms with Crippen LogP contribution in [0.1, 0.15) is 43.9 Å². The van der Waals surface area contributed by atoms with Gasteiger partial charge in [0.1, 0.15) is 17.4 Å². The Balaban J connectivity index is 1.40. The lowest BCUT2D eigenvalue weighted by Crippen LogP contribution is -2.57. The zero-order valence-electron chi connectivity index (χ0n) is 27.1. The van der Waals surface area contributed by atoms with Crippen LogP contribution < -0.4 is 15.4 Å². The number of aryl methyl sites for hydroxylation is 2. The smallest absolute Gasteiger partial charge is 0.250 e. The summed E-state index contributed by atoms with van der Waals surface area (Å²) in [5.41, 5.74) is 1.74. The van der Waals surface area contributed by atoms with Crippen molar-refractivity contribution in [1.82, 2.24) is 4.90 Å². The first kappa shape index (κ1) is 31.8. The van der Waals surface area contributed by atoms with Crippen LogP contribution in [0.25, 0.3) is 0 Å². The SMILES string of the molecule is CCOc1ccc(NC(=O)[C@@H]2[C@H]3C(=O)N([C@@H](CO)Cc4ccccc4)C(C(=O)Nc4c(C)cccc4C)C34CC(C)[C@@]2(C)O4)cc1. The quantitative estimate of drug-likeness (QED) is 0.295. The van der Waals surface area contributed by atoms with E-state index in [1.54, 1.807) is 24.3 Å². The Hall–Kier alpha value is -4.21. The second-order valence-corrected chi connectivity index (χ2v) is 13.2. The zero-order valence-corrected chi connectivity index (χ0v) is 27.1. The molecule has 2 bridgehead atoms. The van der Waals surface area contributed by atoms with Crippen LogP contribution in [0.3, 0.4) is 0 Å². The number of carbonyl (C=O) groups is 3. The maximum atomic E-state index is 14.8. The van der Waals surface area contributed by atoms with E-state index in [9.17, 15) is 19.5 Å². The van der Waals surface area contributed by atoms with Crippen LogP contribution >= 0.6 is 0 Å². The minimum Gasteiger partial charge on any atom is -0.494 e. The number of anilines is 2. The molecule has 46 heavy (non-hydrogen) atoms. The largest absolute Gasteiger partial charge is 0.494 e. The van der Waals surface area contributed by atoms with Crippen molar-refractivity contribution >= 4 is 29.1 Å². The molecule has 0 aromatic heterocycles. The van der Waals surface area contributed by atoms with Gasteiger partial charge in [-0.05, 0) is 87.4 Å². The van der Waals surface area contributed by atoms with Gasteiger partial charge < -0.3 is 30.1 Å². The van der Waals surface area contributed by atoms with Crippen molar-refractivity contribution < 1.29 is 29.0 Å². The average Bonchev–Trinajstić information content (AvgIpc) is 3.55. The topological polar surface area (TPSA) is 117 Å². The van der Waals surface area contributed by atoms with Gasteiger partial charge in [-0.3, -0.25) is 14.4 Å². The number of nitrogens with zero attached hydrogens (tertiary/aromatic N) is 1. The molecule has 3 saturated heterocycles. The molecule has 3 aromatic carbocycles. The molecule has 3 N–H and O–H groups in total. The Labute approximate surface area is 270 Å². The average molecular weight is 626 g/mol. The maximum absolute atomic E-state index is 14.8. The van der Waals surface area contributed by atoms with Gasteiger partial charge in [0.05, 0.1) is 36.7 Å². The second kappa shape index (κ2) is 12.2. The number of ether oxygens (including phenoxy) is 2. The highest BCUT2D eigenvalue weighted by Crippen LogP contribution is 2.65. The molecule has 3 aliphatic heterocycles. The van der Waals surface area contributed by atoms with Gasteiger partial charge in [0.25, 0.3) is 0 Å². The molecule has 6 rings (SSSR count). The van der Waals surface area contributed by atoms with Crippen LogP contribution in [0.4, 0.5) is 11.4 Å². The fourth-order valence-electron chi connectivity index (χ4n) is 8.13. The van der Waals surface area contributed by atoms with E-state index in [0.717, 1.165) is 16.7 Å². The van der Waals surface area contributed by atoms with Gasteiger partial charge in [-0.25, -0.2) is 0 Å². The monoisotopic (exact) mass is 625 g/mol. The van der Waals surface area contributed by atoms with Crippen molar-refractivity contribution in [3.8, 4) is 5.75 Å². The predicted molar refractivity (Wildman–Crippen MR) is 175 cm³/mol. The van der Waals surface area contributed by atoms with Gasteiger partial charge in [-0.15, -0.1) is 0 Å². The number of amides is 3. The lowest BCUT2D eigenvalue weighted by Gasteiger charge is -2.37. The van der Waals surface area contributed by atoms with E-state index in [1.807, 2.05) is 83.1 Å². The molecule has 9 nitrogen and oxygen atoms in total. The molecule has 1 spiro atoms. The number of benzene rings is 3. The van der Waals surface area contributed by atoms with Crippen molar-refractivity contribution in [2.45, 2.75) is 70.7 Å². The molecule has 3 fully saturated rings.